The van der Waals surface area contributed by atoms with E-state index in [-0.39, 0.29) is 34.2 Å². The van der Waals surface area contributed by atoms with Gasteiger partial charge in [-0.15, -0.1) is 0 Å². The molecular formula is C20H26O3. The van der Waals surface area contributed by atoms with Crippen molar-refractivity contribution >= 4 is 11.6 Å². The predicted molar refractivity (Wildman–Crippen MR) is 87.7 cm³/mol. The van der Waals surface area contributed by atoms with E-state index in [2.05, 4.69) is 20.4 Å². The average Bonchev–Trinajstić information content (AvgIpc) is 2.73. The van der Waals surface area contributed by atoms with E-state index in [4.69, 9.17) is 0 Å². The van der Waals surface area contributed by atoms with Gasteiger partial charge in [-0.3, -0.25) is 9.59 Å². The lowest BCUT2D eigenvalue weighted by atomic mass is 9.45. The number of hydrogen-bond donors (Lipinski definition) is 1. The van der Waals surface area contributed by atoms with Crippen molar-refractivity contribution in [2.45, 2.75) is 64.4 Å². The molecule has 23 heavy (non-hydrogen) atoms. The molecule has 0 spiro atoms. The van der Waals surface area contributed by atoms with Gasteiger partial charge in [-0.1, -0.05) is 26.0 Å². The van der Waals surface area contributed by atoms with Gasteiger partial charge in [-0.05, 0) is 62.0 Å². The molecule has 1 N–H and O–H groups in total. The van der Waals surface area contributed by atoms with Gasteiger partial charge >= 0.3 is 0 Å². The summed E-state index contributed by atoms with van der Waals surface area (Å²) < 4.78 is 0. The van der Waals surface area contributed by atoms with Crippen molar-refractivity contribution in [1.82, 2.24) is 0 Å². The molecule has 5 atom stereocenters. The molecule has 0 amide bonds. The number of fused-ring (bicyclic) bond motifs is 5. The topological polar surface area (TPSA) is 54.4 Å². The molecule has 4 aliphatic rings. The number of rotatable bonds is 0. The van der Waals surface area contributed by atoms with Gasteiger partial charge in [0, 0.05) is 17.3 Å². The van der Waals surface area contributed by atoms with E-state index in [1.165, 1.54) is 0 Å². The second kappa shape index (κ2) is 4.44. The molecular weight excluding hydrogens is 288 g/mol. The van der Waals surface area contributed by atoms with E-state index in [1.807, 2.05) is 0 Å². The normalized spacial score (nSPS) is 49.3. The summed E-state index contributed by atoms with van der Waals surface area (Å²) in [6.07, 6.45) is 6.95. The summed E-state index contributed by atoms with van der Waals surface area (Å²) in [5, 5.41) is 11.8. The molecule has 3 saturated carbocycles. The third-order valence-corrected chi connectivity index (χ3v) is 7.84. The summed E-state index contributed by atoms with van der Waals surface area (Å²) in [4.78, 5) is 24.4. The molecule has 4 aliphatic carbocycles. The molecule has 124 valence electrons. The minimum atomic E-state index is -0.785. The second-order valence-electron chi connectivity index (χ2n) is 8.70. The number of Topliss-reactive ketones (excluding diaryl/α,β-unsaturated/α-hetero) is 1. The van der Waals surface area contributed by atoms with Crippen LogP contribution in [-0.4, -0.2) is 22.3 Å². The number of allylic oxidation sites excluding steroid dienone is 1. The Bertz CT molecular complexity index is 660. The van der Waals surface area contributed by atoms with Crippen LogP contribution in [-0.2, 0) is 9.59 Å². The standard InChI is InChI=1S/C20H26O3/c1-12-10-16-15-5-4-13-11-14(21)6-7-19(13,3)20(15,23)9-8-18(16,2)17(12)22/h11,15-16,23H,1,4-10H2,2-3H3/t15-,16-,18-,19-,20-/m0/s1. The summed E-state index contributed by atoms with van der Waals surface area (Å²) in [7, 11) is 0. The van der Waals surface area contributed by atoms with E-state index >= 15 is 0 Å². The van der Waals surface area contributed by atoms with E-state index in [1.54, 1.807) is 6.08 Å². The Kier molecular flexibility index (Phi) is 2.96. The Hall–Kier alpha value is -1.22. The van der Waals surface area contributed by atoms with Crippen LogP contribution in [0.25, 0.3) is 0 Å². The summed E-state index contributed by atoms with van der Waals surface area (Å²) in [6, 6.07) is 0. The highest BCUT2D eigenvalue weighted by atomic mass is 16.3. The van der Waals surface area contributed by atoms with E-state index in [9.17, 15) is 14.7 Å². The largest absolute Gasteiger partial charge is 0.389 e. The number of hydrogen-bond acceptors (Lipinski definition) is 3. The second-order valence-corrected chi connectivity index (χ2v) is 8.70. The first-order valence-corrected chi connectivity index (χ1v) is 8.91. The maximum atomic E-state index is 12.6. The van der Waals surface area contributed by atoms with Crippen molar-refractivity contribution < 1.29 is 14.7 Å². The molecule has 0 radical (unpaired) electrons. The number of carbonyl (C=O) groups excluding carboxylic acids is 2. The molecule has 0 aliphatic heterocycles. The summed E-state index contributed by atoms with van der Waals surface area (Å²) in [5.41, 5.74) is 0.451. The molecule has 4 rings (SSSR count). The Labute approximate surface area is 137 Å². The summed E-state index contributed by atoms with van der Waals surface area (Å²) in [6.45, 7) is 8.21. The minimum absolute atomic E-state index is 0.139. The van der Waals surface area contributed by atoms with Gasteiger partial charge in [-0.2, -0.15) is 0 Å². The molecule has 0 unspecified atom stereocenters. The van der Waals surface area contributed by atoms with Crippen LogP contribution in [0.4, 0.5) is 0 Å². The zero-order valence-electron chi connectivity index (χ0n) is 14.2. The Morgan fingerprint density at radius 3 is 2.61 bits per heavy atom. The third-order valence-electron chi connectivity index (χ3n) is 7.84. The van der Waals surface area contributed by atoms with Crippen LogP contribution < -0.4 is 0 Å². The highest BCUT2D eigenvalue weighted by Gasteiger charge is 2.66. The summed E-state index contributed by atoms with van der Waals surface area (Å²) in [5.74, 6) is 0.761. The monoisotopic (exact) mass is 314 g/mol. The lowest BCUT2D eigenvalue weighted by molar-refractivity contribution is -0.188. The molecule has 3 nitrogen and oxygen atoms in total. The molecule has 0 saturated heterocycles. The van der Waals surface area contributed by atoms with Crippen molar-refractivity contribution in [1.29, 1.82) is 0 Å². The maximum Gasteiger partial charge on any atom is 0.164 e. The highest BCUT2D eigenvalue weighted by molar-refractivity contribution is 6.02. The number of aliphatic hydroxyl groups is 1. The highest BCUT2D eigenvalue weighted by Crippen LogP contribution is 2.66. The van der Waals surface area contributed by atoms with Crippen LogP contribution in [0.5, 0.6) is 0 Å². The smallest absolute Gasteiger partial charge is 0.164 e. The zero-order chi connectivity index (χ0) is 16.6. The van der Waals surface area contributed by atoms with E-state index in [0.717, 1.165) is 43.3 Å². The van der Waals surface area contributed by atoms with Crippen LogP contribution in [0.15, 0.2) is 23.8 Å². The Morgan fingerprint density at radius 2 is 1.87 bits per heavy atom. The van der Waals surface area contributed by atoms with Crippen LogP contribution in [0.1, 0.15) is 58.8 Å². The van der Waals surface area contributed by atoms with E-state index < -0.39 is 5.60 Å². The van der Waals surface area contributed by atoms with Crippen LogP contribution in [0, 0.1) is 22.7 Å². The SMILES string of the molecule is C=C1C[C@H]2[C@@H]3CCC4=CC(=O)CC[C@]4(C)[C@]3(O)CC[C@]2(C)C1=O. The lowest BCUT2D eigenvalue weighted by Crippen LogP contribution is -2.63. The van der Waals surface area contributed by atoms with Gasteiger partial charge in [0.1, 0.15) is 0 Å². The van der Waals surface area contributed by atoms with Crippen molar-refractivity contribution in [3.05, 3.63) is 23.8 Å². The molecule has 3 heteroatoms. The molecule has 0 bridgehead atoms. The Morgan fingerprint density at radius 1 is 1.13 bits per heavy atom. The third kappa shape index (κ3) is 1.69. The molecule has 0 aromatic carbocycles. The fourth-order valence-electron chi connectivity index (χ4n) is 6.25. The van der Waals surface area contributed by atoms with Gasteiger partial charge in [-0.25, -0.2) is 0 Å². The van der Waals surface area contributed by atoms with Gasteiger partial charge in [0.05, 0.1) is 5.60 Å². The van der Waals surface area contributed by atoms with Crippen LogP contribution in [0.2, 0.25) is 0 Å². The fraction of sp³-hybridized carbons (Fsp3) is 0.700. The maximum absolute atomic E-state index is 12.6. The predicted octanol–water partition coefficient (Wildman–Crippen LogP) is 3.37. The molecule has 0 heterocycles. The van der Waals surface area contributed by atoms with Gasteiger partial charge in [0.25, 0.3) is 0 Å². The van der Waals surface area contributed by atoms with Gasteiger partial charge < -0.3 is 5.11 Å². The first-order chi connectivity index (χ1) is 10.7. The zero-order valence-corrected chi connectivity index (χ0v) is 14.2. The first-order valence-electron chi connectivity index (χ1n) is 8.91. The lowest BCUT2D eigenvalue weighted by Gasteiger charge is -2.61. The quantitative estimate of drug-likeness (QED) is 0.698. The van der Waals surface area contributed by atoms with Crippen molar-refractivity contribution in [2.24, 2.45) is 22.7 Å². The minimum Gasteiger partial charge on any atom is -0.389 e. The van der Waals surface area contributed by atoms with Gasteiger partial charge in [0.2, 0.25) is 0 Å². The van der Waals surface area contributed by atoms with Crippen molar-refractivity contribution in [3.8, 4) is 0 Å². The average molecular weight is 314 g/mol. The number of ketones is 2. The number of carbonyl (C=O) groups is 2. The first kappa shape index (κ1) is 15.3. The fourth-order valence-corrected chi connectivity index (χ4v) is 6.25. The molecule has 3 fully saturated rings. The Balaban J connectivity index is 1.79. The molecule has 0 aromatic rings. The van der Waals surface area contributed by atoms with Crippen LogP contribution in [0.3, 0.4) is 0 Å². The van der Waals surface area contributed by atoms with Crippen molar-refractivity contribution in [2.75, 3.05) is 0 Å². The van der Waals surface area contributed by atoms with Crippen LogP contribution >= 0.6 is 0 Å². The summed E-state index contributed by atoms with van der Waals surface area (Å²) >= 11 is 0. The van der Waals surface area contributed by atoms with E-state index in [0.29, 0.717) is 12.8 Å². The van der Waals surface area contributed by atoms with Crippen molar-refractivity contribution in [3.63, 3.8) is 0 Å². The van der Waals surface area contributed by atoms with Gasteiger partial charge in [0.15, 0.2) is 11.6 Å². The molecule has 0 aromatic heterocycles.